The van der Waals surface area contributed by atoms with Gasteiger partial charge in [-0.25, -0.2) is 0 Å². The van der Waals surface area contributed by atoms with Crippen molar-refractivity contribution in [3.8, 4) is 0 Å². The van der Waals surface area contributed by atoms with Crippen LogP contribution in [0.25, 0.3) is 0 Å². The van der Waals surface area contributed by atoms with Gasteiger partial charge in [-0.2, -0.15) is 13.5 Å². The topological polar surface area (TPSA) is 46.3 Å². The van der Waals surface area contributed by atoms with Gasteiger partial charge in [0.1, 0.15) is 0 Å². The van der Waals surface area contributed by atoms with E-state index in [-0.39, 0.29) is 0 Å². The average molecular weight is 357 g/mol. The summed E-state index contributed by atoms with van der Waals surface area (Å²) < 4.78 is 16.6. The second kappa shape index (κ2) is 4.77. The van der Waals surface area contributed by atoms with Crippen molar-refractivity contribution in [1.82, 2.24) is 0 Å². The van der Waals surface area contributed by atoms with E-state index in [1.807, 2.05) is 0 Å². The maximum atomic E-state index is 5.96. The molecule has 0 fully saturated rings. The minimum atomic E-state index is -2.93. The van der Waals surface area contributed by atoms with Gasteiger partial charge in [0.05, 0.1) is 6.61 Å². The van der Waals surface area contributed by atoms with E-state index in [0.29, 0.717) is 6.61 Å². The van der Waals surface area contributed by atoms with Crippen LogP contribution in [0.15, 0.2) is 13.5 Å². The molecule has 1 aliphatic rings. The summed E-state index contributed by atoms with van der Waals surface area (Å²) in [5.74, 6) is -5.86. The SMILES string of the molecule is CCOP1(Cl)=NP(Cl)(Cl)=NP(Cl)(Cl)=N1. The van der Waals surface area contributed by atoms with Crippen LogP contribution in [-0.2, 0) is 4.52 Å². The van der Waals surface area contributed by atoms with Gasteiger partial charge in [-0.15, -0.1) is 0 Å². The molecule has 0 aromatic carbocycles. The first kappa shape index (κ1) is 14.2. The van der Waals surface area contributed by atoms with E-state index in [2.05, 4.69) is 13.5 Å². The summed E-state index contributed by atoms with van der Waals surface area (Å²) in [6.45, 7) is -0.840. The first-order valence-corrected chi connectivity index (χ1v) is 12.7. The smallest absolute Gasteiger partial charge is 0.299 e. The lowest BCUT2D eigenvalue weighted by atomic mass is 10.9. The second-order valence-electron chi connectivity index (χ2n) is 2.07. The molecule has 1 rings (SSSR count). The van der Waals surface area contributed by atoms with Crippen molar-refractivity contribution < 1.29 is 4.52 Å². The summed E-state index contributed by atoms with van der Waals surface area (Å²) in [7, 11) is 0. The Kier molecular flexibility index (Phi) is 4.82. The summed E-state index contributed by atoms with van der Waals surface area (Å²) in [6.07, 6.45) is 0. The van der Waals surface area contributed by atoms with E-state index in [4.69, 9.17) is 60.7 Å². The molecule has 1 heterocycles. The van der Waals surface area contributed by atoms with Crippen LogP contribution in [0.4, 0.5) is 0 Å². The van der Waals surface area contributed by atoms with Crippen LogP contribution < -0.4 is 0 Å². The monoisotopic (exact) mass is 355 g/mol. The molecule has 0 spiro atoms. The first-order valence-electron chi connectivity index (χ1n) is 3.22. The fraction of sp³-hybridized carbons (Fsp3) is 1.00. The quantitative estimate of drug-likeness (QED) is 0.488. The Labute approximate surface area is 106 Å². The molecule has 0 radical (unpaired) electrons. The lowest BCUT2D eigenvalue weighted by molar-refractivity contribution is 0.381. The largest absolute Gasteiger partial charge is 0.316 e. The third-order valence-electron chi connectivity index (χ3n) is 0.944. The van der Waals surface area contributed by atoms with Gasteiger partial charge in [-0.1, -0.05) is 0 Å². The second-order valence-corrected chi connectivity index (χ2v) is 15.3. The number of nitrogens with zero attached hydrogens (tertiary/aromatic N) is 3. The lowest BCUT2D eigenvalue weighted by Crippen LogP contribution is -1.81. The fourth-order valence-corrected chi connectivity index (χ4v) is 17.3. The van der Waals surface area contributed by atoms with Crippen molar-refractivity contribution in [3.05, 3.63) is 0 Å². The van der Waals surface area contributed by atoms with E-state index < -0.39 is 18.6 Å². The molecule has 4 nitrogen and oxygen atoms in total. The van der Waals surface area contributed by atoms with E-state index in [1.54, 1.807) is 6.92 Å². The highest BCUT2D eigenvalue weighted by Gasteiger charge is 2.32. The molecule has 0 amide bonds. The molecule has 0 saturated carbocycles. The molecule has 12 heteroatoms. The summed E-state index contributed by atoms with van der Waals surface area (Å²) in [6, 6.07) is 0. The molecular formula is C2H5Cl5N3OP3. The molecule has 0 bridgehead atoms. The molecule has 0 aromatic heterocycles. The van der Waals surface area contributed by atoms with Crippen molar-refractivity contribution in [2.75, 3.05) is 6.61 Å². The molecule has 1 atom stereocenters. The predicted octanol–water partition coefficient (Wildman–Crippen LogP) is 7.07. The first-order chi connectivity index (χ1) is 6.18. The Morgan fingerprint density at radius 3 is 1.86 bits per heavy atom. The van der Waals surface area contributed by atoms with Crippen molar-refractivity contribution in [2.45, 2.75) is 6.92 Å². The molecule has 84 valence electrons. The molecule has 0 aromatic rings. The van der Waals surface area contributed by atoms with Crippen LogP contribution in [-0.4, -0.2) is 6.61 Å². The Balaban J connectivity index is 3.33. The van der Waals surface area contributed by atoms with Gasteiger partial charge in [-0.05, 0) is 63.1 Å². The van der Waals surface area contributed by atoms with Gasteiger partial charge in [0, 0.05) is 0 Å². The molecule has 0 aliphatic carbocycles. The minimum absolute atomic E-state index is 0.325. The minimum Gasteiger partial charge on any atom is -0.316 e. The summed E-state index contributed by atoms with van der Waals surface area (Å²) >= 11 is 29.1. The third-order valence-corrected chi connectivity index (χ3v) is 13.1. The van der Waals surface area contributed by atoms with Crippen molar-refractivity contribution in [1.29, 1.82) is 0 Å². The fourth-order valence-electron chi connectivity index (χ4n) is 0.665. The molecular weight excluding hydrogens is 352 g/mol. The van der Waals surface area contributed by atoms with Crippen LogP contribution >= 0.6 is 74.8 Å². The van der Waals surface area contributed by atoms with E-state index >= 15 is 0 Å². The van der Waals surface area contributed by atoms with Gasteiger partial charge in [0.25, 0.3) is 18.6 Å². The maximum Gasteiger partial charge on any atom is 0.299 e. The highest BCUT2D eigenvalue weighted by molar-refractivity contribution is 8.22. The summed E-state index contributed by atoms with van der Waals surface area (Å²) in [5, 5.41) is 0. The molecule has 0 N–H and O–H groups in total. The zero-order chi connectivity index (χ0) is 11.0. The molecule has 0 saturated heterocycles. The zero-order valence-corrected chi connectivity index (χ0v) is 13.2. The predicted molar refractivity (Wildman–Crippen MR) is 68.9 cm³/mol. The number of hydrogen-bond acceptors (Lipinski definition) is 4. The van der Waals surface area contributed by atoms with Crippen LogP contribution in [0.3, 0.4) is 0 Å². The molecule has 1 aliphatic heterocycles. The van der Waals surface area contributed by atoms with Crippen molar-refractivity contribution >= 4 is 74.8 Å². The number of halogens is 5. The van der Waals surface area contributed by atoms with Gasteiger partial charge in [-0.3, -0.25) is 0 Å². The Morgan fingerprint density at radius 2 is 1.43 bits per heavy atom. The zero-order valence-electron chi connectivity index (χ0n) is 6.69. The Morgan fingerprint density at radius 1 is 0.929 bits per heavy atom. The van der Waals surface area contributed by atoms with Gasteiger partial charge in [0.2, 0.25) is 0 Å². The summed E-state index contributed by atoms with van der Waals surface area (Å²) in [4.78, 5) is 0. The van der Waals surface area contributed by atoms with Gasteiger partial charge in [0.15, 0.2) is 0 Å². The summed E-state index contributed by atoms with van der Waals surface area (Å²) in [5.41, 5.74) is 0. The highest BCUT2D eigenvalue weighted by Crippen LogP contribution is 2.86. The standard InChI is InChI=1S/C2H5Cl5N3OP3/c1-2-11-14(7)9-12(3,4)8-13(5,6)10-14/h2H2,1H3. The van der Waals surface area contributed by atoms with Crippen LogP contribution in [0, 0.1) is 0 Å². The molecule has 1 unspecified atom stereocenters. The van der Waals surface area contributed by atoms with Crippen molar-refractivity contribution in [2.24, 2.45) is 13.5 Å². The normalized spacial score (nSPS) is 33.9. The van der Waals surface area contributed by atoms with Gasteiger partial charge < -0.3 is 4.52 Å². The number of hydrogen-bond donors (Lipinski definition) is 0. The van der Waals surface area contributed by atoms with E-state index in [0.717, 1.165) is 0 Å². The Hall–Kier alpha value is 2.10. The molecule has 14 heavy (non-hydrogen) atoms. The lowest BCUT2D eigenvalue weighted by Gasteiger charge is -2.20. The van der Waals surface area contributed by atoms with Crippen molar-refractivity contribution in [3.63, 3.8) is 0 Å². The van der Waals surface area contributed by atoms with E-state index in [1.165, 1.54) is 0 Å². The highest BCUT2D eigenvalue weighted by atomic mass is 35.9. The average Bonchev–Trinajstić information content (AvgIpc) is 1.75. The maximum absolute atomic E-state index is 5.96. The van der Waals surface area contributed by atoms with Gasteiger partial charge >= 0.3 is 0 Å². The Bertz CT molecular complexity index is 386. The van der Waals surface area contributed by atoms with E-state index in [9.17, 15) is 0 Å². The van der Waals surface area contributed by atoms with Crippen LogP contribution in [0.1, 0.15) is 6.92 Å². The number of rotatable bonds is 2. The third kappa shape index (κ3) is 4.17. The van der Waals surface area contributed by atoms with Crippen LogP contribution in [0.2, 0.25) is 0 Å². The van der Waals surface area contributed by atoms with Crippen LogP contribution in [0.5, 0.6) is 0 Å².